The molecule has 1 aliphatic heterocycles. The molecule has 2 rings (SSSR count). The molecule has 1 amide bonds. The van der Waals surface area contributed by atoms with Crippen molar-refractivity contribution >= 4 is 23.2 Å². The first kappa shape index (κ1) is 13.2. The van der Waals surface area contributed by atoms with E-state index in [1.165, 1.54) is 0 Å². The van der Waals surface area contributed by atoms with Crippen LogP contribution in [0.1, 0.15) is 19.8 Å². The van der Waals surface area contributed by atoms with E-state index in [9.17, 15) is 4.79 Å². The van der Waals surface area contributed by atoms with Gasteiger partial charge in [0.15, 0.2) is 0 Å². The van der Waals surface area contributed by atoms with Crippen LogP contribution in [0.3, 0.4) is 0 Å². The van der Waals surface area contributed by atoms with Gasteiger partial charge in [-0.25, -0.2) is 0 Å². The van der Waals surface area contributed by atoms with E-state index >= 15 is 0 Å². The number of rotatable bonds is 5. The van der Waals surface area contributed by atoms with Gasteiger partial charge in [0.25, 0.3) is 0 Å². The molecule has 1 atom stereocenters. The Labute approximate surface area is 113 Å². The molecule has 1 aromatic carbocycles. The lowest BCUT2D eigenvalue weighted by Crippen LogP contribution is -2.24. The largest absolute Gasteiger partial charge is 0.494 e. The second-order valence-corrected chi connectivity index (χ2v) is 4.88. The summed E-state index contributed by atoms with van der Waals surface area (Å²) in [5.41, 5.74) is 0.927. The van der Waals surface area contributed by atoms with Crippen molar-refractivity contribution in [1.82, 2.24) is 0 Å². The summed E-state index contributed by atoms with van der Waals surface area (Å²) in [6.07, 6.45) is 1.54. The highest BCUT2D eigenvalue weighted by atomic mass is 35.5. The van der Waals surface area contributed by atoms with Crippen LogP contribution in [-0.2, 0) is 4.79 Å². The second kappa shape index (κ2) is 6.10. The van der Waals surface area contributed by atoms with Crippen LogP contribution in [0, 0.1) is 5.92 Å². The first-order valence-corrected chi connectivity index (χ1v) is 6.87. The zero-order valence-electron chi connectivity index (χ0n) is 10.6. The molecule has 0 radical (unpaired) electrons. The summed E-state index contributed by atoms with van der Waals surface area (Å²) in [5, 5.41) is 0. The van der Waals surface area contributed by atoms with Gasteiger partial charge in [-0.3, -0.25) is 4.79 Å². The number of ether oxygens (including phenoxy) is 1. The van der Waals surface area contributed by atoms with Crippen molar-refractivity contribution in [3.8, 4) is 5.75 Å². The topological polar surface area (TPSA) is 29.5 Å². The van der Waals surface area contributed by atoms with Gasteiger partial charge in [-0.1, -0.05) is 6.92 Å². The van der Waals surface area contributed by atoms with E-state index in [1.54, 1.807) is 4.90 Å². The quantitative estimate of drug-likeness (QED) is 0.768. The fourth-order valence-electron chi connectivity index (χ4n) is 2.08. The smallest absolute Gasteiger partial charge is 0.227 e. The third-order valence-electron chi connectivity index (χ3n) is 3.04. The molecule has 1 heterocycles. The summed E-state index contributed by atoms with van der Waals surface area (Å²) in [7, 11) is 0. The highest BCUT2D eigenvalue weighted by Gasteiger charge is 2.29. The van der Waals surface area contributed by atoms with Crippen LogP contribution in [0.25, 0.3) is 0 Å². The standard InChI is InChI=1S/C14H18ClNO2/c1-2-7-18-13-5-3-12(4-6-13)16-10-11(9-15)8-14(16)17/h3-6,11H,2,7-10H2,1H3. The molecule has 1 aromatic rings. The second-order valence-electron chi connectivity index (χ2n) is 4.57. The Morgan fingerprint density at radius 2 is 2.11 bits per heavy atom. The van der Waals surface area contributed by atoms with E-state index < -0.39 is 0 Å². The zero-order valence-corrected chi connectivity index (χ0v) is 11.3. The van der Waals surface area contributed by atoms with Crippen LogP contribution in [-0.4, -0.2) is 24.9 Å². The van der Waals surface area contributed by atoms with Crippen LogP contribution in [0.4, 0.5) is 5.69 Å². The molecule has 18 heavy (non-hydrogen) atoms. The van der Waals surface area contributed by atoms with Gasteiger partial charge < -0.3 is 9.64 Å². The first-order chi connectivity index (χ1) is 8.74. The molecule has 1 saturated heterocycles. The predicted molar refractivity (Wildman–Crippen MR) is 73.4 cm³/mol. The van der Waals surface area contributed by atoms with Crippen LogP contribution in [0.2, 0.25) is 0 Å². The SMILES string of the molecule is CCCOc1ccc(N2CC(CCl)CC2=O)cc1. The van der Waals surface area contributed by atoms with E-state index in [4.69, 9.17) is 16.3 Å². The monoisotopic (exact) mass is 267 g/mol. The fraction of sp³-hybridized carbons (Fsp3) is 0.500. The predicted octanol–water partition coefficient (Wildman–Crippen LogP) is 3.07. The third kappa shape index (κ3) is 2.96. The Morgan fingerprint density at radius 1 is 1.39 bits per heavy atom. The Hall–Kier alpha value is -1.22. The maximum atomic E-state index is 11.8. The van der Waals surface area contributed by atoms with Crippen LogP contribution in [0.15, 0.2) is 24.3 Å². The summed E-state index contributed by atoms with van der Waals surface area (Å²) in [5.74, 6) is 1.82. The van der Waals surface area contributed by atoms with Gasteiger partial charge in [0.05, 0.1) is 6.61 Å². The van der Waals surface area contributed by atoms with Crippen molar-refractivity contribution in [1.29, 1.82) is 0 Å². The fourth-order valence-corrected chi connectivity index (χ4v) is 2.28. The van der Waals surface area contributed by atoms with Crippen LogP contribution >= 0.6 is 11.6 Å². The van der Waals surface area contributed by atoms with Crippen molar-refractivity contribution in [2.45, 2.75) is 19.8 Å². The minimum absolute atomic E-state index is 0.155. The minimum Gasteiger partial charge on any atom is -0.494 e. The number of carbonyl (C=O) groups excluding carboxylic acids is 1. The number of nitrogens with zero attached hydrogens (tertiary/aromatic N) is 1. The molecular weight excluding hydrogens is 250 g/mol. The van der Waals surface area contributed by atoms with Crippen molar-refractivity contribution in [3.63, 3.8) is 0 Å². The summed E-state index contributed by atoms with van der Waals surface area (Å²) in [6.45, 7) is 3.51. The van der Waals surface area contributed by atoms with Crippen molar-refractivity contribution < 1.29 is 9.53 Å². The zero-order chi connectivity index (χ0) is 13.0. The Bertz CT molecular complexity index is 405. The lowest BCUT2D eigenvalue weighted by atomic mass is 10.1. The molecule has 1 unspecified atom stereocenters. The summed E-state index contributed by atoms with van der Waals surface area (Å²) >= 11 is 5.81. The van der Waals surface area contributed by atoms with Gasteiger partial charge in [-0.2, -0.15) is 0 Å². The van der Waals surface area contributed by atoms with E-state index in [-0.39, 0.29) is 11.8 Å². The maximum absolute atomic E-state index is 11.8. The lowest BCUT2D eigenvalue weighted by molar-refractivity contribution is -0.117. The molecule has 0 bridgehead atoms. The molecule has 0 aliphatic carbocycles. The van der Waals surface area contributed by atoms with Gasteiger partial charge in [-0.15, -0.1) is 11.6 Å². The molecule has 98 valence electrons. The molecule has 3 nitrogen and oxygen atoms in total. The summed E-state index contributed by atoms with van der Waals surface area (Å²) in [6, 6.07) is 7.68. The Balaban J connectivity index is 2.03. The van der Waals surface area contributed by atoms with Crippen LogP contribution in [0.5, 0.6) is 5.75 Å². The van der Waals surface area contributed by atoms with Gasteiger partial charge in [0, 0.05) is 24.5 Å². The molecule has 0 N–H and O–H groups in total. The molecule has 1 fully saturated rings. The number of hydrogen-bond acceptors (Lipinski definition) is 2. The minimum atomic E-state index is 0.155. The molecule has 0 saturated carbocycles. The average Bonchev–Trinajstić information content (AvgIpc) is 2.78. The van der Waals surface area contributed by atoms with Crippen molar-refractivity contribution in [3.05, 3.63) is 24.3 Å². The highest BCUT2D eigenvalue weighted by Crippen LogP contribution is 2.27. The molecule has 4 heteroatoms. The first-order valence-electron chi connectivity index (χ1n) is 6.33. The number of hydrogen-bond donors (Lipinski definition) is 0. The normalized spacial score (nSPS) is 19.3. The van der Waals surface area contributed by atoms with Gasteiger partial charge in [0.1, 0.15) is 5.75 Å². The number of benzene rings is 1. The number of alkyl halides is 1. The maximum Gasteiger partial charge on any atom is 0.227 e. The summed E-state index contributed by atoms with van der Waals surface area (Å²) < 4.78 is 5.52. The van der Waals surface area contributed by atoms with Gasteiger partial charge in [0.2, 0.25) is 5.91 Å². The van der Waals surface area contributed by atoms with E-state index in [1.807, 2.05) is 24.3 Å². The highest BCUT2D eigenvalue weighted by molar-refractivity contribution is 6.18. The van der Waals surface area contributed by atoms with E-state index in [0.29, 0.717) is 12.3 Å². The number of halogens is 1. The average molecular weight is 268 g/mol. The van der Waals surface area contributed by atoms with Crippen molar-refractivity contribution in [2.75, 3.05) is 23.9 Å². The Morgan fingerprint density at radius 3 is 2.67 bits per heavy atom. The van der Waals surface area contributed by atoms with Gasteiger partial charge >= 0.3 is 0 Å². The molecular formula is C14H18ClNO2. The number of amides is 1. The Kier molecular flexibility index (Phi) is 4.48. The van der Waals surface area contributed by atoms with Crippen LogP contribution < -0.4 is 9.64 Å². The molecule has 0 spiro atoms. The van der Waals surface area contributed by atoms with E-state index in [0.717, 1.165) is 31.0 Å². The third-order valence-corrected chi connectivity index (χ3v) is 3.48. The van der Waals surface area contributed by atoms with Gasteiger partial charge in [-0.05, 0) is 36.6 Å². The van der Waals surface area contributed by atoms with E-state index in [2.05, 4.69) is 6.92 Å². The number of anilines is 1. The molecule has 0 aromatic heterocycles. The molecule has 1 aliphatic rings. The lowest BCUT2D eigenvalue weighted by Gasteiger charge is -2.16. The van der Waals surface area contributed by atoms with Crippen molar-refractivity contribution in [2.24, 2.45) is 5.92 Å². The summed E-state index contributed by atoms with van der Waals surface area (Å²) in [4.78, 5) is 13.6. The number of carbonyl (C=O) groups is 1.